The summed E-state index contributed by atoms with van der Waals surface area (Å²) in [6.45, 7) is 0.495. The highest BCUT2D eigenvalue weighted by atomic mass is 19.4. The molecular weight excluding hydrogens is 241 g/mol. The van der Waals surface area contributed by atoms with Gasteiger partial charge >= 0.3 is 6.18 Å². The molecule has 96 valence electrons. The van der Waals surface area contributed by atoms with Crippen LogP contribution in [-0.2, 0) is 6.18 Å². The van der Waals surface area contributed by atoms with E-state index in [2.05, 4.69) is 11.4 Å². The van der Waals surface area contributed by atoms with E-state index in [-0.39, 0.29) is 5.41 Å². The normalized spacial score (nSPS) is 17.7. The van der Waals surface area contributed by atoms with Crippen molar-refractivity contribution in [3.05, 3.63) is 29.8 Å². The lowest BCUT2D eigenvalue weighted by Gasteiger charge is -2.35. The van der Waals surface area contributed by atoms with Crippen molar-refractivity contribution in [3.8, 4) is 6.07 Å². The molecule has 2 rings (SSSR count). The first-order valence-electron chi connectivity index (χ1n) is 5.78. The second kappa shape index (κ2) is 4.52. The minimum Gasteiger partial charge on any atom is -0.383 e. The molecule has 2 nitrogen and oxygen atoms in total. The third-order valence-electron chi connectivity index (χ3n) is 3.39. The van der Waals surface area contributed by atoms with Crippen molar-refractivity contribution in [2.24, 2.45) is 5.41 Å². The van der Waals surface area contributed by atoms with Gasteiger partial charge in [-0.1, -0.05) is 6.42 Å². The molecule has 0 saturated heterocycles. The fourth-order valence-electron chi connectivity index (χ4n) is 1.98. The Morgan fingerprint density at radius 3 is 2.22 bits per heavy atom. The van der Waals surface area contributed by atoms with E-state index in [1.807, 2.05) is 0 Å². The summed E-state index contributed by atoms with van der Waals surface area (Å²) in [5.74, 6) is 0. The summed E-state index contributed by atoms with van der Waals surface area (Å²) < 4.78 is 37.0. The van der Waals surface area contributed by atoms with E-state index in [1.54, 1.807) is 0 Å². The number of hydrogen-bond acceptors (Lipinski definition) is 2. The fourth-order valence-corrected chi connectivity index (χ4v) is 1.98. The molecular formula is C13H13F3N2. The van der Waals surface area contributed by atoms with Gasteiger partial charge in [0.2, 0.25) is 0 Å². The Kier molecular flexibility index (Phi) is 3.20. The minimum atomic E-state index is -4.31. The number of anilines is 1. The molecule has 18 heavy (non-hydrogen) atoms. The van der Waals surface area contributed by atoms with Gasteiger partial charge in [-0.05, 0) is 37.1 Å². The van der Waals surface area contributed by atoms with Crippen molar-refractivity contribution in [3.63, 3.8) is 0 Å². The van der Waals surface area contributed by atoms with Gasteiger partial charge in [-0.3, -0.25) is 0 Å². The number of nitrogens with one attached hydrogen (secondary N) is 1. The Morgan fingerprint density at radius 1 is 1.22 bits per heavy atom. The third-order valence-corrected chi connectivity index (χ3v) is 3.39. The quantitative estimate of drug-likeness (QED) is 0.890. The number of alkyl halides is 3. The molecule has 0 unspecified atom stereocenters. The van der Waals surface area contributed by atoms with Gasteiger partial charge in [0.15, 0.2) is 0 Å². The van der Waals surface area contributed by atoms with E-state index < -0.39 is 11.7 Å². The SMILES string of the molecule is N#CC1(CNc2ccc(C(F)(F)F)cc2)CCC1. The van der Waals surface area contributed by atoms with Crippen molar-refractivity contribution in [2.75, 3.05) is 11.9 Å². The summed E-state index contributed by atoms with van der Waals surface area (Å²) in [4.78, 5) is 0. The van der Waals surface area contributed by atoms with E-state index in [0.717, 1.165) is 31.4 Å². The van der Waals surface area contributed by atoms with Crippen LogP contribution in [-0.4, -0.2) is 6.54 Å². The Morgan fingerprint density at radius 2 is 1.83 bits per heavy atom. The highest BCUT2D eigenvalue weighted by molar-refractivity contribution is 5.45. The Bertz CT molecular complexity index is 453. The van der Waals surface area contributed by atoms with E-state index in [9.17, 15) is 13.2 Å². The van der Waals surface area contributed by atoms with Gasteiger partial charge in [-0.15, -0.1) is 0 Å². The molecule has 0 spiro atoms. The van der Waals surface area contributed by atoms with Crippen LogP contribution in [0.15, 0.2) is 24.3 Å². The van der Waals surface area contributed by atoms with Crippen molar-refractivity contribution >= 4 is 5.69 Å². The van der Waals surface area contributed by atoms with Gasteiger partial charge < -0.3 is 5.32 Å². The van der Waals surface area contributed by atoms with Gasteiger partial charge in [0.1, 0.15) is 0 Å². The van der Waals surface area contributed by atoms with Crippen LogP contribution >= 0.6 is 0 Å². The molecule has 0 heterocycles. The molecule has 1 aromatic rings. The monoisotopic (exact) mass is 254 g/mol. The van der Waals surface area contributed by atoms with Crippen molar-refractivity contribution in [2.45, 2.75) is 25.4 Å². The number of nitriles is 1. The van der Waals surface area contributed by atoms with Crippen LogP contribution in [0, 0.1) is 16.7 Å². The molecule has 0 aromatic heterocycles. The number of benzene rings is 1. The largest absolute Gasteiger partial charge is 0.416 e. The van der Waals surface area contributed by atoms with Gasteiger partial charge in [0.25, 0.3) is 0 Å². The molecule has 0 radical (unpaired) electrons. The molecule has 1 aromatic carbocycles. The zero-order chi connectivity index (χ0) is 13.2. The molecule has 0 atom stereocenters. The second-order valence-electron chi connectivity index (χ2n) is 4.67. The Balaban J connectivity index is 1.97. The topological polar surface area (TPSA) is 35.8 Å². The van der Waals surface area contributed by atoms with E-state index in [4.69, 9.17) is 5.26 Å². The van der Waals surface area contributed by atoms with Crippen LogP contribution < -0.4 is 5.32 Å². The van der Waals surface area contributed by atoms with Gasteiger partial charge in [-0.25, -0.2) is 0 Å². The third kappa shape index (κ3) is 2.58. The first kappa shape index (κ1) is 12.7. The number of halogens is 3. The predicted octanol–water partition coefficient (Wildman–Crippen LogP) is 3.81. The standard InChI is InChI=1S/C13H13F3N2/c14-13(15,16)10-2-4-11(5-3-10)18-9-12(8-17)6-1-7-12/h2-5,18H,1,6-7,9H2. The summed E-state index contributed by atoms with van der Waals surface area (Å²) in [5, 5.41) is 12.1. The summed E-state index contributed by atoms with van der Waals surface area (Å²) in [6, 6.07) is 7.16. The van der Waals surface area contributed by atoms with Gasteiger partial charge in [0, 0.05) is 12.2 Å². The zero-order valence-electron chi connectivity index (χ0n) is 9.72. The maximum absolute atomic E-state index is 12.3. The summed E-state index contributed by atoms with van der Waals surface area (Å²) in [7, 11) is 0. The van der Waals surface area contributed by atoms with Crippen LogP contribution in [0.1, 0.15) is 24.8 Å². The average molecular weight is 254 g/mol. The van der Waals surface area contributed by atoms with Crippen LogP contribution in [0.25, 0.3) is 0 Å². The van der Waals surface area contributed by atoms with Crippen molar-refractivity contribution in [1.29, 1.82) is 5.26 Å². The highest BCUT2D eigenvalue weighted by Crippen LogP contribution is 2.40. The summed E-state index contributed by atoms with van der Waals surface area (Å²) >= 11 is 0. The lowest BCUT2D eigenvalue weighted by molar-refractivity contribution is -0.137. The minimum absolute atomic E-state index is 0.331. The van der Waals surface area contributed by atoms with Gasteiger partial charge in [0.05, 0.1) is 17.0 Å². The van der Waals surface area contributed by atoms with E-state index in [1.165, 1.54) is 12.1 Å². The maximum atomic E-state index is 12.3. The highest BCUT2D eigenvalue weighted by Gasteiger charge is 2.37. The summed E-state index contributed by atoms with van der Waals surface area (Å²) in [6.07, 6.45) is -1.54. The summed E-state index contributed by atoms with van der Waals surface area (Å²) in [5.41, 5.74) is -0.376. The number of hydrogen-bond donors (Lipinski definition) is 1. The second-order valence-corrected chi connectivity index (χ2v) is 4.67. The lowest BCUT2D eigenvalue weighted by Crippen LogP contribution is -2.35. The molecule has 1 aliphatic carbocycles. The molecule has 5 heteroatoms. The fraction of sp³-hybridized carbons (Fsp3) is 0.462. The first-order chi connectivity index (χ1) is 8.45. The molecule has 1 N–H and O–H groups in total. The van der Waals surface area contributed by atoms with Crippen LogP contribution in [0.5, 0.6) is 0 Å². The van der Waals surface area contributed by atoms with E-state index >= 15 is 0 Å². The molecule has 1 aliphatic rings. The molecule has 0 amide bonds. The Labute approximate surface area is 103 Å². The van der Waals surface area contributed by atoms with Crippen LogP contribution in [0.3, 0.4) is 0 Å². The lowest BCUT2D eigenvalue weighted by atomic mass is 9.70. The van der Waals surface area contributed by atoms with E-state index in [0.29, 0.717) is 12.2 Å². The smallest absolute Gasteiger partial charge is 0.383 e. The number of nitrogens with zero attached hydrogens (tertiary/aromatic N) is 1. The predicted molar refractivity (Wildman–Crippen MR) is 61.8 cm³/mol. The maximum Gasteiger partial charge on any atom is 0.416 e. The zero-order valence-corrected chi connectivity index (χ0v) is 9.72. The molecule has 0 aliphatic heterocycles. The van der Waals surface area contributed by atoms with Crippen LogP contribution in [0.2, 0.25) is 0 Å². The van der Waals surface area contributed by atoms with Gasteiger partial charge in [-0.2, -0.15) is 18.4 Å². The van der Waals surface area contributed by atoms with Crippen LogP contribution in [0.4, 0.5) is 18.9 Å². The van der Waals surface area contributed by atoms with Crippen molar-refractivity contribution < 1.29 is 13.2 Å². The molecule has 1 fully saturated rings. The average Bonchev–Trinajstić information content (AvgIpc) is 2.28. The molecule has 1 saturated carbocycles. The first-order valence-corrected chi connectivity index (χ1v) is 5.78. The Hall–Kier alpha value is -1.70. The number of rotatable bonds is 3. The molecule has 0 bridgehead atoms. The van der Waals surface area contributed by atoms with Crippen molar-refractivity contribution in [1.82, 2.24) is 0 Å².